The number of hydrogen-bond acceptors (Lipinski definition) is 5. The summed E-state index contributed by atoms with van der Waals surface area (Å²) in [5.74, 6) is 1.18. The lowest BCUT2D eigenvalue weighted by Crippen LogP contribution is -2.15. The van der Waals surface area contributed by atoms with Crippen LogP contribution in [0.5, 0.6) is 17.2 Å². The highest BCUT2D eigenvalue weighted by molar-refractivity contribution is 7.16. The molecule has 1 heterocycles. The monoisotopic (exact) mass is 424 g/mol. The fourth-order valence-electron chi connectivity index (χ4n) is 3.07. The fraction of sp³-hybridized carbons (Fsp3) is 0.217. The number of allylic oxidation sites excluding steroid dienone is 1. The summed E-state index contributed by atoms with van der Waals surface area (Å²) in [5, 5.41) is 0. The lowest BCUT2D eigenvalue weighted by Gasteiger charge is -2.12. The zero-order valence-electron chi connectivity index (χ0n) is 17.5. The first-order valence-electron chi connectivity index (χ1n) is 9.28. The van der Waals surface area contributed by atoms with Crippen molar-refractivity contribution in [1.82, 2.24) is 4.57 Å². The van der Waals surface area contributed by atoms with Crippen molar-refractivity contribution in [3.63, 3.8) is 0 Å². The van der Waals surface area contributed by atoms with E-state index in [0.717, 1.165) is 21.3 Å². The fourth-order valence-corrected chi connectivity index (χ4v) is 4.21. The van der Waals surface area contributed by atoms with Gasteiger partial charge in [-0.15, -0.1) is 6.58 Å². The predicted molar refractivity (Wildman–Crippen MR) is 120 cm³/mol. The van der Waals surface area contributed by atoms with Crippen molar-refractivity contribution < 1.29 is 19.0 Å². The number of thiazole rings is 1. The number of carbonyl (C=O) groups is 1. The van der Waals surface area contributed by atoms with E-state index in [1.165, 1.54) is 17.4 Å². The zero-order chi connectivity index (χ0) is 21.7. The summed E-state index contributed by atoms with van der Waals surface area (Å²) < 4.78 is 19.1. The number of fused-ring (bicyclic) bond motifs is 1. The van der Waals surface area contributed by atoms with E-state index < -0.39 is 0 Å². The van der Waals surface area contributed by atoms with E-state index in [9.17, 15) is 4.79 Å². The summed E-state index contributed by atoms with van der Waals surface area (Å²) in [6.45, 7) is 6.43. The molecule has 2 aromatic carbocycles. The SMILES string of the molecule is C=CCn1c(=NC(=O)/C=C\c2cc(OC)c(OC)c(OC)c2)sc2cc(C)ccc21. The van der Waals surface area contributed by atoms with Gasteiger partial charge in [0, 0.05) is 12.6 Å². The van der Waals surface area contributed by atoms with Crippen molar-refractivity contribution in [2.45, 2.75) is 13.5 Å². The van der Waals surface area contributed by atoms with Crippen molar-refractivity contribution in [1.29, 1.82) is 0 Å². The second-order valence-electron chi connectivity index (χ2n) is 6.50. The van der Waals surface area contributed by atoms with Gasteiger partial charge in [-0.2, -0.15) is 4.99 Å². The Morgan fingerprint density at radius 1 is 1.13 bits per heavy atom. The molecule has 7 heteroatoms. The smallest absolute Gasteiger partial charge is 0.272 e. The van der Waals surface area contributed by atoms with E-state index in [1.807, 2.05) is 23.6 Å². The number of aromatic nitrogens is 1. The van der Waals surface area contributed by atoms with E-state index in [-0.39, 0.29) is 5.91 Å². The Bertz CT molecular complexity index is 1160. The third kappa shape index (κ3) is 4.46. The Labute approximate surface area is 179 Å². The highest BCUT2D eigenvalue weighted by Crippen LogP contribution is 2.38. The first kappa shape index (κ1) is 21.4. The van der Waals surface area contributed by atoms with Gasteiger partial charge in [-0.25, -0.2) is 0 Å². The van der Waals surface area contributed by atoms with Crippen LogP contribution in [0.25, 0.3) is 16.3 Å². The minimum atomic E-state index is -0.357. The standard InChI is InChI=1S/C23H24N2O4S/c1-6-11-25-17-9-7-15(2)12-20(17)30-23(25)24-21(26)10-8-16-13-18(27-3)22(29-5)19(14-16)28-4/h6-10,12-14H,1,11H2,2-5H3/b10-8-,24-23?. The molecular formula is C23H24N2O4S. The molecule has 3 aromatic rings. The summed E-state index contributed by atoms with van der Waals surface area (Å²) in [5.41, 5.74) is 2.93. The molecule has 30 heavy (non-hydrogen) atoms. The molecule has 0 atom stereocenters. The second kappa shape index (κ2) is 9.45. The van der Waals surface area contributed by atoms with E-state index >= 15 is 0 Å². The predicted octanol–water partition coefficient (Wildman–Crippen LogP) is 4.36. The van der Waals surface area contributed by atoms with Gasteiger partial charge in [0.25, 0.3) is 5.91 Å². The molecule has 3 rings (SSSR count). The Hall–Kier alpha value is -3.32. The first-order valence-corrected chi connectivity index (χ1v) is 10.1. The topological polar surface area (TPSA) is 62.1 Å². The Balaban J connectivity index is 1.97. The van der Waals surface area contributed by atoms with Gasteiger partial charge in [0.1, 0.15) is 0 Å². The van der Waals surface area contributed by atoms with Gasteiger partial charge < -0.3 is 18.8 Å². The molecule has 0 saturated carbocycles. The van der Waals surface area contributed by atoms with Crippen LogP contribution in [0.4, 0.5) is 0 Å². The minimum Gasteiger partial charge on any atom is -0.493 e. The number of carbonyl (C=O) groups excluding carboxylic acids is 1. The van der Waals surface area contributed by atoms with Crippen LogP contribution in [0, 0.1) is 6.92 Å². The highest BCUT2D eigenvalue weighted by Gasteiger charge is 2.12. The summed E-state index contributed by atoms with van der Waals surface area (Å²) in [7, 11) is 4.64. The van der Waals surface area contributed by atoms with Gasteiger partial charge >= 0.3 is 0 Å². The van der Waals surface area contributed by atoms with Gasteiger partial charge in [-0.1, -0.05) is 23.5 Å². The Morgan fingerprint density at radius 3 is 2.43 bits per heavy atom. The molecule has 0 aliphatic rings. The summed E-state index contributed by atoms with van der Waals surface area (Å²) >= 11 is 1.48. The molecule has 1 aromatic heterocycles. The molecule has 156 valence electrons. The lowest BCUT2D eigenvalue weighted by atomic mass is 10.1. The Kier molecular flexibility index (Phi) is 6.74. The maximum atomic E-state index is 12.5. The van der Waals surface area contributed by atoms with Gasteiger partial charge in [0.15, 0.2) is 16.3 Å². The largest absolute Gasteiger partial charge is 0.493 e. The van der Waals surface area contributed by atoms with E-state index in [1.54, 1.807) is 45.6 Å². The average molecular weight is 425 g/mol. The summed E-state index contributed by atoms with van der Waals surface area (Å²) in [6.07, 6.45) is 4.89. The van der Waals surface area contributed by atoms with Crippen molar-refractivity contribution in [3.8, 4) is 17.2 Å². The third-order valence-electron chi connectivity index (χ3n) is 4.46. The molecule has 0 N–H and O–H groups in total. The van der Waals surface area contributed by atoms with Gasteiger partial charge in [-0.05, 0) is 48.4 Å². The molecule has 1 amide bonds. The van der Waals surface area contributed by atoms with E-state index in [2.05, 4.69) is 17.6 Å². The number of aryl methyl sites for hydroxylation is 1. The van der Waals surface area contributed by atoms with E-state index in [4.69, 9.17) is 14.2 Å². The van der Waals surface area contributed by atoms with Crippen LogP contribution >= 0.6 is 11.3 Å². The van der Waals surface area contributed by atoms with Crippen LogP contribution in [-0.4, -0.2) is 31.8 Å². The van der Waals surface area contributed by atoms with Crippen molar-refractivity contribution in [2.75, 3.05) is 21.3 Å². The molecule has 0 fully saturated rings. The minimum absolute atomic E-state index is 0.357. The van der Waals surface area contributed by atoms with Gasteiger partial charge in [0.05, 0.1) is 31.5 Å². The molecule has 0 aliphatic carbocycles. The normalized spacial score (nSPS) is 11.8. The van der Waals surface area contributed by atoms with Crippen LogP contribution in [0.3, 0.4) is 0 Å². The third-order valence-corrected chi connectivity index (χ3v) is 5.50. The maximum Gasteiger partial charge on any atom is 0.272 e. The zero-order valence-corrected chi connectivity index (χ0v) is 18.3. The number of methoxy groups -OCH3 is 3. The molecule has 0 bridgehead atoms. The molecule has 0 saturated heterocycles. The molecule has 0 aliphatic heterocycles. The molecular weight excluding hydrogens is 400 g/mol. The lowest BCUT2D eigenvalue weighted by molar-refractivity contribution is -0.113. The number of hydrogen-bond donors (Lipinski definition) is 0. The van der Waals surface area contributed by atoms with Crippen LogP contribution in [0.15, 0.2) is 54.1 Å². The second-order valence-corrected chi connectivity index (χ2v) is 7.51. The van der Waals surface area contributed by atoms with Gasteiger partial charge in [-0.3, -0.25) is 4.79 Å². The van der Waals surface area contributed by atoms with Crippen molar-refractivity contribution >= 4 is 33.5 Å². The summed E-state index contributed by atoms with van der Waals surface area (Å²) in [4.78, 5) is 17.5. The molecule has 0 unspecified atom stereocenters. The maximum absolute atomic E-state index is 12.5. The van der Waals surface area contributed by atoms with Crippen LogP contribution in [-0.2, 0) is 11.3 Å². The molecule has 0 radical (unpaired) electrons. The number of ether oxygens (including phenoxy) is 3. The van der Waals surface area contributed by atoms with Crippen LogP contribution in [0.1, 0.15) is 11.1 Å². The van der Waals surface area contributed by atoms with Gasteiger partial charge in [0.2, 0.25) is 5.75 Å². The number of amides is 1. The molecule has 6 nitrogen and oxygen atoms in total. The number of nitrogens with zero attached hydrogens (tertiary/aromatic N) is 2. The van der Waals surface area contributed by atoms with Crippen LogP contribution < -0.4 is 19.0 Å². The highest BCUT2D eigenvalue weighted by atomic mass is 32.1. The van der Waals surface area contributed by atoms with Crippen molar-refractivity contribution in [2.24, 2.45) is 4.99 Å². The van der Waals surface area contributed by atoms with E-state index in [0.29, 0.717) is 28.6 Å². The number of rotatable bonds is 7. The van der Waals surface area contributed by atoms with Crippen LogP contribution in [0.2, 0.25) is 0 Å². The first-order chi connectivity index (χ1) is 14.5. The average Bonchev–Trinajstić information content (AvgIpc) is 3.07. The quantitative estimate of drug-likeness (QED) is 0.418. The number of benzene rings is 2. The van der Waals surface area contributed by atoms with Crippen molar-refractivity contribution in [3.05, 3.63) is 65.0 Å². The Morgan fingerprint density at radius 2 is 1.83 bits per heavy atom. The summed E-state index contributed by atoms with van der Waals surface area (Å²) in [6, 6.07) is 9.72. The molecule has 0 spiro atoms.